The van der Waals surface area contributed by atoms with E-state index in [0.717, 1.165) is 17.2 Å². The Hall–Kier alpha value is -9.13. The Kier molecular flexibility index (Phi) is 8.84. The van der Waals surface area contributed by atoms with Gasteiger partial charge in [-0.05, 0) is 137 Å². The van der Waals surface area contributed by atoms with Crippen molar-refractivity contribution < 1.29 is 27.9 Å². The van der Waals surface area contributed by atoms with E-state index in [0.29, 0.717) is 20.2 Å². The highest BCUT2D eigenvalue weighted by atomic mass is 16.5. The first-order valence-electron chi connectivity index (χ1n) is 27.8. The first kappa shape index (κ1) is 44.9. The highest BCUT2D eigenvalue weighted by Gasteiger charge is 2.50. The van der Waals surface area contributed by atoms with E-state index < -0.39 is 0 Å². The molecule has 0 atom stereocenters. The van der Waals surface area contributed by atoms with Crippen molar-refractivity contribution in [2.75, 3.05) is 0 Å². The lowest BCUT2D eigenvalue weighted by atomic mass is 9.79. The quantitative estimate of drug-likeness (QED) is 0.0863. The molecule has 0 radical (unpaired) electrons. The molecule has 0 N–H and O–H groups in total. The maximum absolute atomic E-state index is 6.35. The van der Waals surface area contributed by atoms with Crippen LogP contribution in [0, 0.1) is 0 Å². The Labute approximate surface area is 457 Å². The zero-order valence-corrected chi connectivity index (χ0v) is 45.2. The van der Waals surface area contributed by atoms with E-state index in [4.69, 9.17) is 14.2 Å². The van der Waals surface area contributed by atoms with Gasteiger partial charge in [0, 0.05) is 61.2 Å². The third-order valence-corrected chi connectivity index (χ3v) is 18.8. The third-order valence-electron chi connectivity index (χ3n) is 18.8. The van der Waals surface area contributed by atoms with Crippen LogP contribution in [0.15, 0.2) is 194 Å². The second kappa shape index (κ2) is 15.5. The van der Waals surface area contributed by atoms with Crippen molar-refractivity contribution in [3.63, 3.8) is 0 Å². The standard InChI is InChI=1S/C27H20NO.2C23H18NO/c1-27(2)21-13-18-9-5-6-10-22(18)28-15-29-23-14-19-11-16-7-3-4-8-17(16)12-20(19)25(27)24(23)26(21)28;1-23(2)18-8-5-9-24-13-25-19-12-16-10-14-6-3-4-7-15(14)11-17(16)21(23)20(19)22(18)24;1-23(2)17-8-5-9-18-20(17)22-21(23)19-15(12-24(22)13-25-18)11-10-14-6-3-4-7-16(14)19/h3-14H,15H2,1-2H3;2*3-12H,13H2,1-2H3/q3*+1. The lowest BCUT2D eigenvalue weighted by Gasteiger charge is -2.22. The van der Waals surface area contributed by atoms with Gasteiger partial charge in [0.05, 0.1) is 16.7 Å². The summed E-state index contributed by atoms with van der Waals surface area (Å²) in [5.41, 5.74) is 17.3. The molecule has 3 aliphatic heterocycles. The summed E-state index contributed by atoms with van der Waals surface area (Å²) in [7, 11) is 0. The molecule has 0 amide bonds. The number of para-hydroxylation sites is 1. The van der Waals surface area contributed by atoms with Gasteiger partial charge in [-0.2, -0.15) is 13.7 Å². The van der Waals surface area contributed by atoms with Gasteiger partial charge in [-0.25, -0.2) is 0 Å². The van der Waals surface area contributed by atoms with E-state index in [1.807, 2.05) is 0 Å². The van der Waals surface area contributed by atoms with Crippen LogP contribution < -0.4 is 27.9 Å². The minimum atomic E-state index is -0.0825. The molecule has 13 aromatic rings. The van der Waals surface area contributed by atoms with Crippen LogP contribution >= 0.6 is 0 Å². The summed E-state index contributed by atoms with van der Waals surface area (Å²) in [5, 5.41) is 16.9. The minimum Gasteiger partial charge on any atom is -0.435 e. The summed E-state index contributed by atoms with van der Waals surface area (Å²) in [6, 6.07) is 66.1. The van der Waals surface area contributed by atoms with Crippen molar-refractivity contribution in [2.45, 2.75) is 78.0 Å². The second-order valence-electron chi connectivity index (χ2n) is 24.2. The summed E-state index contributed by atoms with van der Waals surface area (Å²) in [6.07, 6.45) is 4.37. The molecule has 0 spiro atoms. The van der Waals surface area contributed by atoms with Crippen molar-refractivity contribution in [2.24, 2.45) is 0 Å². The number of rotatable bonds is 0. The first-order chi connectivity index (χ1) is 38.4. The van der Waals surface area contributed by atoms with E-state index >= 15 is 0 Å². The first-order valence-corrected chi connectivity index (χ1v) is 27.8. The van der Waals surface area contributed by atoms with Gasteiger partial charge in [-0.15, -0.1) is 0 Å². The number of nitrogens with zero attached hydrogens (tertiary/aromatic N) is 3. The average Bonchev–Trinajstić information content (AvgIpc) is 4.19. The van der Waals surface area contributed by atoms with Gasteiger partial charge >= 0.3 is 0 Å². The van der Waals surface area contributed by atoms with E-state index in [-0.39, 0.29) is 16.2 Å². The van der Waals surface area contributed by atoms with Gasteiger partial charge in [0.2, 0.25) is 22.6 Å². The Bertz CT molecular complexity index is 4930. The smallest absolute Gasteiger partial charge is 0.293 e. The van der Waals surface area contributed by atoms with Crippen LogP contribution in [0.2, 0.25) is 0 Å². The molecular weight excluding hydrogens is 967 g/mol. The number of hydrogen-bond acceptors (Lipinski definition) is 3. The van der Waals surface area contributed by atoms with Crippen LogP contribution in [0.25, 0.3) is 109 Å². The van der Waals surface area contributed by atoms with Crippen LogP contribution in [-0.4, -0.2) is 0 Å². The zero-order chi connectivity index (χ0) is 52.8. The predicted octanol–water partition coefficient (Wildman–Crippen LogP) is 16.0. The van der Waals surface area contributed by atoms with Gasteiger partial charge < -0.3 is 14.2 Å². The molecule has 0 fully saturated rings. The average molecular weight is 1020 g/mol. The molecule has 6 heteroatoms. The van der Waals surface area contributed by atoms with E-state index in [1.54, 1.807) is 0 Å². The largest absolute Gasteiger partial charge is 0.435 e. The molecule has 0 saturated heterocycles. The Morgan fingerprint density at radius 2 is 0.886 bits per heavy atom. The fourth-order valence-electron chi connectivity index (χ4n) is 15.2. The van der Waals surface area contributed by atoms with Crippen molar-refractivity contribution in [1.82, 2.24) is 0 Å². The molecule has 6 heterocycles. The zero-order valence-electron chi connectivity index (χ0n) is 45.2. The molecule has 0 saturated carbocycles. The van der Waals surface area contributed by atoms with Crippen LogP contribution in [-0.2, 0) is 36.4 Å². The maximum atomic E-state index is 6.35. The van der Waals surface area contributed by atoms with Crippen LogP contribution in [0.1, 0.15) is 74.9 Å². The van der Waals surface area contributed by atoms with Crippen molar-refractivity contribution in [3.05, 3.63) is 228 Å². The Morgan fingerprint density at radius 1 is 0.342 bits per heavy atom. The summed E-state index contributed by atoms with van der Waals surface area (Å²) < 4.78 is 25.4. The SMILES string of the molecule is CC1(C)c2cc3ccccc3[n+]3c2-c2c(cc4cc5ccccc5cc4c21)OC3.CC1(C)c2ccc[n+]3c2-c2c(cc4cc5ccccc5cc4c21)OC3.CC1(C)c2cccc3c2-c2c1c1c(ccc4ccccc41)c[n+]2CO3. The van der Waals surface area contributed by atoms with Crippen LogP contribution in [0.5, 0.6) is 17.2 Å². The fraction of sp³-hybridized carbons (Fsp3) is 0.164. The van der Waals surface area contributed by atoms with Crippen LogP contribution in [0.3, 0.4) is 0 Å². The maximum Gasteiger partial charge on any atom is 0.293 e. The van der Waals surface area contributed by atoms with E-state index in [9.17, 15) is 0 Å². The molecule has 3 aliphatic carbocycles. The van der Waals surface area contributed by atoms with Crippen molar-refractivity contribution in [1.29, 1.82) is 0 Å². The lowest BCUT2D eigenvalue weighted by Crippen LogP contribution is -2.42. The second-order valence-corrected chi connectivity index (χ2v) is 24.2. The van der Waals surface area contributed by atoms with Gasteiger partial charge in [0.1, 0.15) is 17.2 Å². The topological polar surface area (TPSA) is 39.3 Å². The minimum absolute atomic E-state index is 0.0297. The van der Waals surface area contributed by atoms with Gasteiger partial charge in [0.15, 0.2) is 12.4 Å². The van der Waals surface area contributed by atoms with E-state index in [2.05, 4.69) is 250 Å². The Morgan fingerprint density at radius 3 is 1.59 bits per heavy atom. The number of ether oxygens (including phenoxy) is 3. The predicted molar refractivity (Wildman–Crippen MR) is 317 cm³/mol. The summed E-state index contributed by atoms with van der Waals surface area (Å²) in [6.45, 7) is 15.8. The molecule has 10 aromatic carbocycles. The van der Waals surface area contributed by atoms with E-state index in [1.165, 1.54) is 143 Å². The third kappa shape index (κ3) is 5.98. The highest BCUT2D eigenvalue weighted by molar-refractivity contribution is 6.12. The number of benzene rings is 10. The number of aromatic nitrogens is 3. The summed E-state index contributed by atoms with van der Waals surface area (Å²) in [5.74, 6) is 3.06. The van der Waals surface area contributed by atoms with Gasteiger partial charge in [0.25, 0.3) is 20.2 Å². The fourth-order valence-corrected chi connectivity index (χ4v) is 15.2. The molecule has 6 aliphatic rings. The molecular formula is C73H56N3O3+3. The van der Waals surface area contributed by atoms with Gasteiger partial charge in [-0.1, -0.05) is 145 Å². The molecule has 3 aromatic heterocycles. The Balaban J connectivity index is 0.0000000956. The molecule has 0 bridgehead atoms. The molecule has 6 nitrogen and oxygen atoms in total. The van der Waals surface area contributed by atoms with Crippen molar-refractivity contribution >= 4 is 75.5 Å². The van der Waals surface area contributed by atoms with Crippen molar-refractivity contribution in [3.8, 4) is 51.0 Å². The summed E-state index contributed by atoms with van der Waals surface area (Å²) in [4.78, 5) is 0. The lowest BCUT2D eigenvalue weighted by molar-refractivity contribution is -0.717. The molecule has 19 rings (SSSR count). The normalized spacial score (nSPS) is 15.9. The molecule has 378 valence electrons. The highest BCUT2D eigenvalue weighted by Crippen LogP contribution is 2.58. The number of hydrogen-bond donors (Lipinski definition) is 0. The number of pyridine rings is 3. The molecule has 79 heavy (non-hydrogen) atoms. The van der Waals surface area contributed by atoms with Crippen LogP contribution in [0.4, 0.5) is 0 Å². The van der Waals surface area contributed by atoms with Gasteiger partial charge in [-0.3, -0.25) is 0 Å². The number of fused-ring (bicyclic) bond motifs is 12. The monoisotopic (exact) mass is 1020 g/mol. The summed E-state index contributed by atoms with van der Waals surface area (Å²) >= 11 is 0. The molecule has 0 unspecified atom stereocenters.